The van der Waals surface area contributed by atoms with Crippen molar-refractivity contribution in [3.05, 3.63) is 29.0 Å². The molecule has 0 spiro atoms. The molecule has 0 aliphatic heterocycles. The number of hydrogen-bond donors (Lipinski definition) is 1. The Bertz CT molecular complexity index is 450. The third-order valence-electron chi connectivity index (χ3n) is 2.07. The van der Waals surface area contributed by atoms with Crippen LogP contribution < -0.4 is 0 Å². The Morgan fingerprint density at radius 1 is 1.62 bits per heavy atom. The van der Waals surface area contributed by atoms with Crippen molar-refractivity contribution in [2.45, 2.75) is 6.61 Å². The normalized spacial score (nSPS) is 11.0. The first-order valence-electron chi connectivity index (χ1n) is 3.93. The zero-order valence-electron chi connectivity index (χ0n) is 7.16. The van der Waals surface area contributed by atoms with Gasteiger partial charge in [0.05, 0.1) is 11.6 Å². The Morgan fingerprint density at radius 3 is 3.08 bits per heavy atom. The molecule has 0 aliphatic rings. The number of halogens is 1. The Kier molecular flexibility index (Phi) is 1.98. The van der Waals surface area contributed by atoms with Crippen LogP contribution in [0.25, 0.3) is 11.0 Å². The molecule has 0 fully saturated rings. The standard InChI is InChI=1S/C9H9ClN2O/c1-12-3-2-7-8(10)6(5-13)4-11-9(7)12/h2-4,13H,5H2,1H3. The predicted molar refractivity (Wildman–Crippen MR) is 51.6 cm³/mol. The van der Waals surface area contributed by atoms with Crippen molar-refractivity contribution in [2.24, 2.45) is 7.05 Å². The van der Waals surface area contributed by atoms with Crippen molar-refractivity contribution in [1.82, 2.24) is 9.55 Å². The van der Waals surface area contributed by atoms with Crippen LogP contribution in [0.4, 0.5) is 0 Å². The Morgan fingerprint density at radius 2 is 2.38 bits per heavy atom. The second-order valence-corrected chi connectivity index (χ2v) is 3.30. The van der Waals surface area contributed by atoms with Gasteiger partial charge in [-0.05, 0) is 6.07 Å². The molecule has 13 heavy (non-hydrogen) atoms. The molecule has 0 unspecified atom stereocenters. The monoisotopic (exact) mass is 196 g/mol. The number of hydrogen-bond acceptors (Lipinski definition) is 2. The first kappa shape index (κ1) is 8.53. The molecule has 0 atom stereocenters. The summed E-state index contributed by atoms with van der Waals surface area (Å²) in [6.45, 7) is -0.0728. The molecule has 0 aromatic carbocycles. The summed E-state index contributed by atoms with van der Waals surface area (Å²) >= 11 is 6.04. The maximum atomic E-state index is 8.95. The Labute approximate surface area is 80.6 Å². The summed E-state index contributed by atoms with van der Waals surface area (Å²) in [6, 6.07) is 1.89. The topological polar surface area (TPSA) is 38.0 Å². The highest BCUT2D eigenvalue weighted by molar-refractivity contribution is 6.36. The number of aromatic nitrogens is 2. The SMILES string of the molecule is Cn1ccc2c(Cl)c(CO)cnc21. The van der Waals surface area contributed by atoms with E-state index in [0.29, 0.717) is 10.6 Å². The maximum Gasteiger partial charge on any atom is 0.141 e. The maximum absolute atomic E-state index is 8.95. The molecule has 0 saturated carbocycles. The Balaban J connectivity index is 2.80. The van der Waals surface area contributed by atoms with E-state index >= 15 is 0 Å². The van der Waals surface area contributed by atoms with Crippen LogP contribution in [0.5, 0.6) is 0 Å². The van der Waals surface area contributed by atoms with Crippen molar-refractivity contribution in [3.63, 3.8) is 0 Å². The van der Waals surface area contributed by atoms with Crippen molar-refractivity contribution in [3.8, 4) is 0 Å². The molecule has 0 bridgehead atoms. The van der Waals surface area contributed by atoms with E-state index in [-0.39, 0.29) is 6.61 Å². The van der Waals surface area contributed by atoms with Crippen LogP contribution in [-0.2, 0) is 13.7 Å². The van der Waals surface area contributed by atoms with Gasteiger partial charge in [0.25, 0.3) is 0 Å². The first-order chi connectivity index (χ1) is 6.24. The summed E-state index contributed by atoms with van der Waals surface area (Å²) in [5.74, 6) is 0. The van der Waals surface area contributed by atoms with Crippen LogP contribution in [0.3, 0.4) is 0 Å². The second kappa shape index (κ2) is 3.01. The molecule has 4 heteroatoms. The van der Waals surface area contributed by atoms with E-state index in [2.05, 4.69) is 4.98 Å². The molecule has 0 saturated heterocycles. The van der Waals surface area contributed by atoms with E-state index in [1.165, 1.54) is 0 Å². The fourth-order valence-corrected chi connectivity index (χ4v) is 1.59. The highest BCUT2D eigenvalue weighted by atomic mass is 35.5. The molecule has 3 nitrogen and oxygen atoms in total. The number of aliphatic hydroxyl groups is 1. The van der Waals surface area contributed by atoms with E-state index in [4.69, 9.17) is 16.7 Å². The summed E-state index contributed by atoms with van der Waals surface area (Å²) in [7, 11) is 1.91. The van der Waals surface area contributed by atoms with Crippen molar-refractivity contribution in [2.75, 3.05) is 0 Å². The summed E-state index contributed by atoms with van der Waals surface area (Å²) < 4.78 is 1.89. The minimum absolute atomic E-state index is 0.0728. The third kappa shape index (κ3) is 1.20. The van der Waals surface area contributed by atoms with E-state index in [9.17, 15) is 0 Å². The van der Waals surface area contributed by atoms with Crippen LogP contribution in [-0.4, -0.2) is 14.7 Å². The summed E-state index contributed by atoms with van der Waals surface area (Å²) in [5.41, 5.74) is 1.50. The number of aliphatic hydroxyl groups excluding tert-OH is 1. The number of fused-ring (bicyclic) bond motifs is 1. The van der Waals surface area contributed by atoms with E-state index in [1.807, 2.05) is 23.9 Å². The fraction of sp³-hybridized carbons (Fsp3) is 0.222. The average Bonchev–Trinajstić information content (AvgIpc) is 2.50. The molecule has 68 valence electrons. The van der Waals surface area contributed by atoms with Gasteiger partial charge in [-0.3, -0.25) is 0 Å². The second-order valence-electron chi connectivity index (χ2n) is 2.92. The molecular weight excluding hydrogens is 188 g/mol. The average molecular weight is 197 g/mol. The van der Waals surface area contributed by atoms with Gasteiger partial charge in [0.15, 0.2) is 0 Å². The zero-order chi connectivity index (χ0) is 9.42. The van der Waals surface area contributed by atoms with E-state index < -0.39 is 0 Å². The molecule has 2 heterocycles. The number of rotatable bonds is 1. The van der Waals surface area contributed by atoms with E-state index in [0.717, 1.165) is 11.0 Å². The van der Waals surface area contributed by atoms with Crippen LogP contribution in [0.2, 0.25) is 5.02 Å². The van der Waals surface area contributed by atoms with E-state index in [1.54, 1.807) is 6.20 Å². The summed E-state index contributed by atoms with van der Waals surface area (Å²) in [5, 5.41) is 10.4. The third-order valence-corrected chi connectivity index (χ3v) is 2.52. The van der Waals surface area contributed by atoms with Gasteiger partial charge >= 0.3 is 0 Å². The van der Waals surface area contributed by atoms with Gasteiger partial charge in [-0.15, -0.1) is 0 Å². The number of pyridine rings is 1. The van der Waals surface area contributed by atoms with Crippen LogP contribution in [0.1, 0.15) is 5.56 Å². The van der Waals surface area contributed by atoms with Crippen LogP contribution in [0, 0.1) is 0 Å². The summed E-state index contributed by atoms with van der Waals surface area (Å²) in [6.07, 6.45) is 3.50. The lowest BCUT2D eigenvalue weighted by Gasteiger charge is -2.01. The van der Waals surface area contributed by atoms with Gasteiger partial charge in [-0.2, -0.15) is 0 Å². The quantitative estimate of drug-likeness (QED) is 0.754. The van der Waals surface area contributed by atoms with Gasteiger partial charge in [0.1, 0.15) is 5.65 Å². The highest BCUT2D eigenvalue weighted by Gasteiger charge is 2.07. The van der Waals surface area contributed by atoms with Gasteiger partial charge in [-0.1, -0.05) is 11.6 Å². The minimum atomic E-state index is -0.0728. The largest absolute Gasteiger partial charge is 0.392 e. The molecule has 2 aromatic heterocycles. The van der Waals surface area contributed by atoms with Gasteiger partial charge in [0, 0.05) is 30.4 Å². The van der Waals surface area contributed by atoms with Crippen molar-refractivity contribution < 1.29 is 5.11 Å². The Hall–Kier alpha value is -1.06. The summed E-state index contributed by atoms with van der Waals surface area (Å²) in [4.78, 5) is 4.19. The van der Waals surface area contributed by atoms with Gasteiger partial charge < -0.3 is 9.67 Å². The highest BCUT2D eigenvalue weighted by Crippen LogP contribution is 2.25. The lowest BCUT2D eigenvalue weighted by Crippen LogP contribution is -1.91. The number of nitrogens with zero attached hydrogens (tertiary/aromatic N) is 2. The van der Waals surface area contributed by atoms with Crippen molar-refractivity contribution >= 4 is 22.6 Å². The molecule has 2 aromatic rings. The molecule has 1 N–H and O–H groups in total. The molecular formula is C9H9ClN2O. The smallest absolute Gasteiger partial charge is 0.141 e. The number of aryl methyl sites for hydroxylation is 1. The molecule has 0 radical (unpaired) electrons. The molecule has 0 aliphatic carbocycles. The fourth-order valence-electron chi connectivity index (χ4n) is 1.33. The molecule has 2 rings (SSSR count). The molecule has 0 amide bonds. The van der Waals surface area contributed by atoms with Crippen molar-refractivity contribution in [1.29, 1.82) is 0 Å². The van der Waals surface area contributed by atoms with Crippen LogP contribution in [0.15, 0.2) is 18.5 Å². The lowest BCUT2D eigenvalue weighted by atomic mass is 10.2. The van der Waals surface area contributed by atoms with Crippen LogP contribution >= 0.6 is 11.6 Å². The lowest BCUT2D eigenvalue weighted by molar-refractivity contribution is 0.281. The zero-order valence-corrected chi connectivity index (χ0v) is 7.91. The van der Waals surface area contributed by atoms with Gasteiger partial charge in [0.2, 0.25) is 0 Å². The predicted octanol–water partition coefficient (Wildman–Crippen LogP) is 1.72. The minimum Gasteiger partial charge on any atom is -0.392 e. The van der Waals surface area contributed by atoms with Gasteiger partial charge in [-0.25, -0.2) is 4.98 Å². The first-order valence-corrected chi connectivity index (χ1v) is 4.31.